The molecule has 0 radical (unpaired) electrons. The second-order valence-corrected chi connectivity index (χ2v) is 11.4. The van der Waals surface area contributed by atoms with E-state index in [0.717, 1.165) is 68.1 Å². The Labute approximate surface area is 236 Å². The van der Waals surface area contributed by atoms with Crippen LogP contribution in [-0.2, 0) is 29.1 Å². The molecule has 0 bridgehead atoms. The summed E-state index contributed by atoms with van der Waals surface area (Å²) in [5.41, 5.74) is 8.17. The molecule has 2 aromatic carbocycles. The van der Waals surface area contributed by atoms with Crippen molar-refractivity contribution in [2.75, 3.05) is 37.7 Å². The Bertz CT molecular complexity index is 1390. The molecule has 210 valence electrons. The molecule has 2 saturated heterocycles. The Kier molecular flexibility index (Phi) is 7.71. The second-order valence-electron chi connectivity index (χ2n) is 11.4. The number of carboxylic acids is 1. The van der Waals surface area contributed by atoms with E-state index in [1.807, 2.05) is 23.1 Å². The highest BCUT2D eigenvalue weighted by Crippen LogP contribution is 2.34. The van der Waals surface area contributed by atoms with E-state index in [2.05, 4.69) is 41.9 Å². The number of carboxylic acid groups (broad SMARTS) is 1. The highest BCUT2D eigenvalue weighted by Gasteiger charge is 2.30. The maximum Gasteiger partial charge on any atom is 0.308 e. The van der Waals surface area contributed by atoms with Crippen LogP contribution < -0.4 is 9.64 Å². The molecule has 1 atom stereocenters. The Morgan fingerprint density at radius 1 is 1.10 bits per heavy atom. The zero-order valence-electron chi connectivity index (χ0n) is 23.4. The Morgan fingerprint density at radius 2 is 1.95 bits per heavy atom. The number of hydrogen-bond donors (Lipinski definition) is 1. The SMILES string of the molecule is Cc1cc(COc2c(C)cccc2-c2ccnc(N3CCC(C(=O)O)C3)n2)cc2c1CN(C1CCOCC1)CC2. The molecular weight excluding hydrogens is 504 g/mol. The zero-order valence-corrected chi connectivity index (χ0v) is 23.4. The lowest BCUT2D eigenvalue weighted by molar-refractivity contribution is -0.140. The topological polar surface area (TPSA) is 88.0 Å². The number of rotatable bonds is 7. The molecule has 0 saturated carbocycles. The second kappa shape index (κ2) is 11.6. The minimum absolute atomic E-state index is 0.380. The predicted molar refractivity (Wildman–Crippen MR) is 154 cm³/mol. The largest absolute Gasteiger partial charge is 0.488 e. The number of hydrogen-bond acceptors (Lipinski definition) is 7. The molecule has 3 aliphatic heterocycles. The van der Waals surface area contributed by atoms with Crippen molar-refractivity contribution in [2.45, 2.75) is 58.7 Å². The van der Waals surface area contributed by atoms with E-state index in [1.54, 1.807) is 6.20 Å². The summed E-state index contributed by atoms with van der Waals surface area (Å²) in [6, 6.07) is 13.2. The van der Waals surface area contributed by atoms with Crippen LogP contribution in [0.25, 0.3) is 11.3 Å². The molecule has 6 rings (SSSR count). The van der Waals surface area contributed by atoms with Crippen molar-refractivity contribution in [3.63, 3.8) is 0 Å². The monoisotopic (exact) mass is 542 g/mol. The van der Waals surface area contributed by atoms with Gasteiger partial charge in [-0.1, -0.05) is 24.3 Å². The average Bonchev–Trinajstić information content (AvgIpc) is 3.48. The van der Waals surface area contributed by atoms with Crippen LogP contribution in [0.4, 0.5) is 5.95 Å². The molecule has 4 heterocycles. The molecule has 1 N–H and O–H groups in total. The van der Waals surface area contributed by atoms with Gasteiger partial charge in [0.05, 0.1) is 11.6 Å². The van der Waals surface area contributed by atoms with E-state index in [4.69, 9.17) is 14.5 Å². The zero-order chi connectivity index (χ0) is 27.6. The van der Waals surface area contributed by atoms with E-state index in [-0.39, 0.29) is 5.92 Å². The number of benzene rings is 2. The lowest BCUT2D eigenvalue weighted by Gasteiger charge is -2.38. The van der Waals surface area contributed by atoms with Crippen LogP contribution >= 0.6 is 0 Å². The van der Waals surface area contributed by atoms with E-state index in [0.29, 0.717) is 38.1 Å². The fraction of sp³-hybridized carbons (Fsp3) is 0.469. The van der Waals surface area contributed by atoms with Crippen LogP contribution in [0.3, 0.4) is 0 Å². The summed E-state index contributed by atoms with van der Waals surface area (Å²) in [5, 5.41) is 9.39. The molecule has 8 heteroatoms. The number of fused-ring (bicyclic) bond motifs is 1. The van der Waals surface area contributed by atoms with Gasteiger partial charge in [0, 0.05) is 57.2 Å². The van der Waals surface area contributed by atoms with Gasteiger partial charge in [-0.25, -0.2) is 9.97 Å². The summed E-state index contributed by atoms with van der Waals surface area (Å²) in [6.07, 6.45) is 5.69. The maximum absolute atomic E-state index is 11.4. The smallest absolute Gasteiger partial charge is 0.308 e. The summed E-state index contributed by atoms with van der Waals surface area (Å²) in [5.74, 6) is 0.240. The quantitative estimate of drug-likeness (QED) is 0.456. The summed E-state index contributed by atoms with van der Waals surface area (Å²) in [7, 11) is 0. The summed E-state index contributed by atoms with van der Waals surface area (Å²) in [6.45, 7) is 9.72. The van der Waals surface area contributed by atoms with Crippen molar-refractivity contribution < 1.29 is 19.4 Å². The normalized spacial score (nSPS) is 19.9. The number of aliphatic carboxylic acids is 1. The van der Waals surface area contributed by atoms with Crippen LogP contribution in [0, 0.1) is 19.8 Å². The first kappa shape index (κ1) is 26.7. The molecule has 3 aromatic rings. The number of aryl methyl sites for hydroxylation is 2. The van der Waals surface area contributed by atoms with Gasteiger partial charge < -0.3 is 19.5 Å². The van der Waals surface area contributed by atoms with Crippen LogP contribution in [-0.4, -0.2) is 64.8 Å². The lowest BCUT2D eigenvalue weighted by Crippen LogP contribution is -2.42. The van der Waals surface area contributed by atoms with E-state index < -0.39 is 5.97 Å². The van der Waals surface area contributed by atoms with Gasteiger partial charge in [-0.15, -0.1) is 0 Å². The van der Waals surface area contributed by atoms with Gasteiger partial charge >= 0.3 is 5.97 Å². The highest BCUT2D eigenvalue weighted by molar-refractivity contribution is 5.72. The molecule has 0 amide bonds. The first-order valence-corrected chi connectivity index (χ1v) is 14.4. The number of carbonyl (C=O) groups is 1. The van der Waals surface area contributed by atoms with E-state index in [1.165, 1.54) is 22.3 Å². The first-order chi connectivity index (χ1) is 19.5. The lowest BCUT2D eigenvalue weighted by atomic mass is 9.91. The maximum atomic E-state index is 11.4. The van der Waals surface area contributed by atoms with E-state index in [9.17, 15) is 9.90 Å². The van der Waals surface area contributed by atoms with Crippen LogP contribution in [0.2, 0.25) is 0 Å². The molecule has 0 spiro atoms. The van der Waals surface area contributed by atoms with Gasteiger partial charge in [-0.3, -0.25) is 9.69 Å². The number of nitrogens with zero attached hydrogens (tertiary/aromatic N) is 4. The Hall–Kier alpha value is -3.49. The van der Waals surface area contributed by atoms with Crippen LogP contribution in [0.15, 0.2) is 42.6 Å². The molecule has 2 fully saturated rings. The molecular formula is C32H38N4O4. The van der Waals surface area contributed by atoms with Crippen molar-refractivity contribution in [2.24, 2.45) is 5.92 Å². The molecule has 40 heavy (non-hydrogen) atoms. The van der Waals surface area contributed by atoms with Gasteiger partial charge in [0.25, 0.3) is 0 Å². The third-order valence-electron chi connectivity index (χ3n) is 8.70. The van der Waals surface area contributed by atoms with Gasteiger partial charge in [0.15, 0.2) is 0 Å². The minimum atomic E-state index is -0.762. The highest BCUT2D eigenvalue weighted by atomic mass is 16.5. The Balaban J connectivity index is 1.19. The third-order valence-corrected chi connectivity index (χ3v) is 8.70. The standard InChI is InChI=1S/C32H38N4O4/c1-21-4-3-5-27(29-6-11-33-32(34-29)36-13-8-25(18-36)31(37)38)30(21)40-20-23-16-22(2)28-19-35(12-7-24(28)17-23)26-9-14-39-15-10-26/h3-6,11,16-17,25-26H,7-10,12-15,18-20H2,1-2H3,(H,37,38). The molecule has 0 aliphatic carbocycles. The summed E-state index contributed by atoms with van der Waals surface area (Å²) >= 11 is 0. The Morgan fingerprint density at radius 3 is 2.75 bits per heavy atom. The number of ether oxygens (including phenoxy) is 2. The van der Waals surface area contributed by atoms with Crippen LogP contribution in [0.1, 0.15) is 47.1 Å². The minimum Gasteiger partial charge on any atom is -0.488 e. The van der Waals surface area contributed by atoms with Crippen molar-refractivity contribution in [3.8, 4) is 17.0 Å². The molecule has 1 unspecified atom stereocenters. The molecule has 8 nitrogen and oxygen atoms in total. The summed E-state index contributed by atoms with van der Waals surface area (Å²) in [4.78, 5) is 25.3. The third kappa shape index (κ3) is 5.56. The van der Waals surface area contributed by atoms with Gasteiger partial charge in [0.1, 0.15) is 12.4 Å². The average molecular weight is 543 g/mol. The molecule has 3 aliphatic rings. The number of anilines is 1. The van der Waals surface area contributed by atoms with E-state index >= 15 is 0 Å². The fourth-order valence-corrected chi connectivity index (χ4v) is 6.41. The predicted octanol–water partition coefficient (Wildman–Crippen LogP) is 4.79. The summed E-state index contributed by atoms with van der Waals surface area (Å²) < 4.78 is 12.1. The number of aromatic nitrogens is 2. The van der Waals surface area contributed by atoms with Crippen molar-refractivity contribution in [1.82, 2.24) is 14.9 Å². The van der Waals surface area contributed by atoms with Crippen LogP contribution in [0.5, 0.6) is 5.75 Å². The van der Waals surface area contributed by atoms with Gasteiger partial charge in [0.2, 0.25) is 5.95 Å². The van der Waals surface area contributed by atoms with Gasteiger partial charge in [-0.05, 0) is 79.5 Å². The van der Waals surface area contributed by atoms with Gasteiger partial charge in [-0.2, -0.15) is 0 Å². The van der Waals surface area contributed by atoms with Crippen molar-refractivity contribution in [1.29, 1.82) is 0 Å². The fourth-order valence-electron chi connectivity index (χ4n) is 6.41. The van der Waals surface area contributed by atoms with Crippen molar-refractivity contribution in [3.05, 3.63) is 70.4 Å². The molecule has 1 aromatic heterocycles. The number of para-hydroxylation sites is 1. The van der Waals surface area contributed by atoms with Crippen molar-refractivity contribution >= 4 is 11.9 Å². The first-order valence-electron chi connectivity index (χ1n) is 14.4.